The van der Waals surface area contributed by atoms with Crippen molar-refractivity contribution in [3.63, 3.8) is 0 Å². The first kappa shape index (κ1) is 15.7. The van der Waals surface area contributed by atoms with E-state index in [4.69, 9.17) is 9.47 Å². The van der Waals surface area contributed by atoms with E-state index < -0.39 is 0 Å². The van der Waals surface area contributed by atoms with Gasteiger partial charge in [-0.3, -0.25) is 4.98 Å². The molecule has 0 aliphatic heterocycles. The van der Waals surface area contributed by atoms with Gasteiger partial charge >= 0.3 is 0 Å². The van der Waals surface area contributed by atoms with Crippen LogP contribution in [0.3, 0.4) is 0 Å². The zero-order valence-corrected chi connectivity index (χ0v) is 13.6. The molecule has 0 bridgehead atoms. The van der Waals surface area contributed by atoms with Crippen molar-refractivity contribution in [1.82, 2.24) is 15.0 Å². The van der Waals surface area contributed by atoms with Crippen molar-refractivity contribution >= 4 is 21.7 Å². The highest BCUT2D eigenvalue weighted by Crippen LogP contribution is 2.23. The Morgan fingerprint density at radius 2 is 2.05 bits per heavy atom. The zero-order valence-electron chi connectivity index (χ0n) is 12.0. The molecule has 0 saturated heterocycles. The number of rotatable bonds is 7. The molecule has 21 heavy (non-hydrogen) atoms. The Bertz CT molecular complexity index is 595. The van der Waals surface area contributed by atoms with E-state index in [1.807, 2.05) is 19.9 Å². The Morgan fingerprint density at radius 3 is 2.76 bits per heavy atom. The van der Waals surface area contributed by atoms with Crippen LogP contribution in [-0.2, 0) is 11.3 Å². The predicted molar refractivity (Wildman–Crippen MR) is 83.5 cm³/mol. The minimum absolute atomic E-state index is 0.350. The van der Waals surface area contributed by atoms with E-state index in [1.165, 1.54) is 0 Å². The predicted octanol–water partition coefficient (Wildman–Crippen LogP) is 3.39. The maximum Gasteiger partial charge on any atom is 0.224 e. The Kier molecular flexibility index (Phi) is 5.89. The lowest BCUT2D eigenvalue weighted by Gasteiger charge is -2.10. The van der Waals surface area contributed by atoms with E-state index in [-0.39, 0.29) is 0 Å². The summed E-state index contributed by atoms with van der Waals surface area (Å²) in [6.45, 7) is 5.66. The first-order chi connectivity index (χ1) is 10.2. The second-order valence-corrected chi connectivity index (χ2v) is 5.03. The summed E-state index contributed by atoms with van der Waals surface area (Å²) in [5, 5.41) is 3.15. The molecule has 0 amide bonds. The summed E-state index contributed by atoms with van der Waals surface area (Å²) in [6.07, 6.45) is 3.32. The Morgan fingerprint density at radius 1 is 1.19 bits per heavy atom. The van der Waals surface area contributed by atoms with Gasteiger partial charge < -0.3 is 14.8 Å². The average molecular weight is 353 g/mol. The number of aromatic nitrogens is 3. The fraction of sp³-hybridized carbons (Fsp3) is 0.357. The molecule has 6 nitrogen and oxygen atoms in total. The SMILES string of the molecule is CCNc1cc(Oc2cncc(Br)c2)nc(COCC)n1. The van der Waals surface area contributed by atoms with Gasteiger partial charge in [0, 0.05) is 29.9 Å². The second kappa shape index (κ2) is 7.90. The maximum atomic E-state index is 5.73. The molecule has 0 aliphatic carbocycles. The molecule has 112 valence electrons. The molecule has 2 aromatic rings. The second-order valence-electron chi connectivity index (χ2n) is 4.12. The first-order valence-electron chi connectivity index (χ1n) is 6.69. The molecule has 2 aromatic heterocycles. The molecule has 0 saturated carbocycles. The van der Waals surface area contributed by atoms with E-state index in [1.54, 1.807) is 18.5 Å². The highest BCUT2D eigenvalue weighted by molar-refractivity contribution is 9.10. The van der Waals surface area contributed by atoms with Gasteiger partial charge in [-0.1, -0.05) is 0 Å². The smallest absolute Gasteiger partial charge is 0.224 e. The number of halogens is 1. The third-order valence-corrected chi connectivity index (χ3v) is 2.88. The summed E-state index contributed by atoms with van der Waals surface area (Å²) in [4.78, 5) is 12.8. The molecule has 0 aromatic carbocycles. The lowest BCUT2D eigenvalue weighted by atomic mass is 10.4. The molecule has 7 heteroatoms. The summed E-state index contributed by atoms with van der Waals surface area (Å²) in [6, 6.07) is 3.57. The summed E-state index contributed by atoms with van der Waals surface area (Å²) in [5.41, 5.74) is 0. The Balaban J connectivity index is 2.22. The van der Waals surface area contributed by atoms with Crippen LogP contribution in [0.5, 0.6) is 11.6 Å². The van der Waals surface area contributed by atoms with Gasteiger partial charge in [0.15, 0.2) is 5.82 Å². The number of hydrogen-bond acceptors (Lipinski definition) is 6. The first-order valence-corrected chi connectivity index (χ1v) is 7.48. The van der Waals surface area contributed by atoms with Gasteiger partial charge in [-0.05, 0) is 35.8 Å². The highest BCUT2D eigenvalue weighted by atomic mass is 79.9. The van der Waals surface area contributed by atoms with Crippen molar-refractivity contribution in [1.29, 1.82) is 0 Å². The van der Waals surface area contributed by atoms with Crippen molar-refractivity contribution < 1.29 is 9.47 Å². The van der Waals surface area contributed by atoms with E-state index in [0.29, 0.717) is 36.5 Å². The molecule has 0 atom stereocenters. The van der Waals surface area contributed by atoms with E-state index in [2.05, 4.69) is 36.2 Å². The maximum absolute atomic E-state index is 5.73. The molecular weight excluding hydrogens is 336 g/mol. The van der Waals surface area contributed by atoms with Gasteiger partial charge in [0.1, 0.15) is 18.2 Å². The quantitative estimate of drug-likeness (QED) is 0.823. The summed E-state index contributed by atoms with van der Waals surface area (Å²) in [5.74, 6) is 2.34. The van der Waals surface area contributed by atoms with Crippen molar-refractivity contribution in [2.24, 2.45) is 0 Å². The van der Waals surface area contributed by atoms with Crippen LogP contribution >= 0.6 is 15.9 Å². The zero-order chi connectivity index (χ0) is 15.1. The van der Waals surface area contributed by atoms with Gasteiger partial charge in [-0.25, -0.2) is 4.98 Å². The molecule has 0 fully saturated rings. The van der Waals surface area contributed by atoms with Gasteiger partial charge in [0.25, 0.3) is 0 Å². The van der Waals surface area contributed by atoms with E-state index in [0.717, 1.165) is 11.0 Å². The molecule has 2 heterocycles. The van der Waals surface area contributed by atoms with Crippen LogP contribution in [0.15, 0.2) is 29.0 Å². The molecule has 0 radical (unpaired) electrons. The molecule has 0 spiro atoms. The monoisotopic (exact) mass is 352 g/mol. The van der Waals surface area contributed by atoms with Crippen LogP contribution in [0.2, 0.25) is 0 Å². The van der Waals surface area contributed by atoms with E-state index in [9.17, 15) is 0 Å². The van der Waals surface area contributed by atoms with Crippen LogP contribution in [0.25, 0.3) is 0 Å². The molecule has 0 unspecified atom stereocenters. The number of anilines is 1. The van der Waals surface area contributed by atoms with Crippen molar-refractivity contribution in [3.8, 4) is 11.6 Å². The highest BCUT2D eigenvalue weighted by Gasteiger charge is 2.07. The van der Waals surface area contributed by atoms with Gasteiger partial charge in [-0.2, -0.15) is 4.98 Å². The van der Waals surface area contributed by atoms with Gasteiger partial charge in [0.05, 0.1) is 6.20 Å². The summed E-state index contributed by atoms with van der Waals surface area (Å²) < 4.78 is 11.9. The minimum Gasteiger partial charge on any atom is -0.437 e. The standard InChI is InChI=1S/C14H17BrN4O2/c1-3-17-12-6-14(19-13(18-12)9-20-4-2)21-11-5-10(15)7-16-8-11/h5-8H,3-4,9H2,1-2H3,(H,17,18,19). The number of ether oxygens (including phenoxy) is 2. The van der Waals surface area contributed by atoms with Gasteiger partial charge in [0.2, 0.25) is 5.88 Å². The Labute approximate surface area is 132 Å². The van der Waals surface area contributed by atoms with Crippen LogP contribution in [-0.4, -0.2) is 28.1 Å². The van der Waals surface area contributed by atoms with Crippen LogP contribution in [0, 0.1) is 0 Å². The fourth-order valence-electron chi connectivity index (χ4n) is 1.62. The third-order valence-electron chi connectivity index (χ3n) is 2.44. The molecular formula is C14H17BrN4O2. The topological polar surface area (TPSA) is 69.2 Å². The van der Waals surface area contributed by atoms with Crippen LogP contribution in [0.4, 0.5) is 5.82 Å². The lowest BCUT2D eigenvalue weighted by molar-refractivity contribution is 0.128. The fourth-order valence-corrected chi connectivity index (χ4v) is 1.97. The minimum atomic E-state index is 0.350. The Hall–Kier alpha value is -1.73. The molecule has 0 aliphatic rings. The van der Waals surface area contributed by atoms with Crippen molar-refractivity contribution in [2.45, 2.75) is 20.5 Å². The average Bonchev–Trinajstić information content (AvgIpc) is 2.45. The number of nitrogens with one attached hydrogen (secondary N) is 1. The van der Waals surface area contributed by atoms with Crippen molar-refractivity contribution in [3.05, 3.63) is 34.8 Å². The molecule has 1 N–H and O–H groups in total. The largest absolute Gasteiger partial charge is 0.437 e. The normalized spacial score (nSPS) is 10.4. The number of pyridine rings is 1. The number of nitrogens with zero attached hydrogens (tertiary/aromatic N) is 3. The summed E-state index contributed by atoms with van der Waals surface area (Å²) in [7, 11) is 0. The molecule has 2 rings (SSSR count). The number of hydrogen-bond donors (Lipinski definition) is 1. The van der Waals surface area contributed by atoms with Gasteiger partial charge in [-0.15, -0.1) is 0 Å². The van der Waals surface area contributed by atoms with E-state index >= 15 is 0 Å². The summed E-state index contributed by atoms with van der Waals surface area (Å²) >= 11 is 3.36. The lowest BCUT2D eigenvalue weighted by Crippen LogP contribution is -2.06. The third kappa shape index (κ3) is 4.95. The van der Waals surface area contributed by atoms with Crippen LogP contribution in [0.1, 0.15) is 19.7 Å². The van der Waals surface area contributed by atoms with Crippen molar-refractivity contribution in [2.75, 3.05) is 18.5 Å². The van der Waals surface area contributed by atoms with Crippen LogP contribution < -0.4 is 10.1 Å².